The standard InChI is InChI=1S/C17H19N3O2/c21-13-17(14-6-2-1-3-7-14)9-5-11-20(17)16(22)19-15-8-4-10-18-12-15/h1-4,6-8,10,12,21H,5,9,11,13H2,(H,19,22). The Hall–Kier alpha value is -2.40. The lowest BCUT2D eigenvalue weighted by Gasteiger charge is -2.37. The molecule has 1 atom stereocenters. The number of pyridine rings is 1. The van der Waals surface area contributed by atoms with Crippen molar-refractivity contribution in [1.29, 1.82) is 0 Å². The van der Waals surface area contributed by atoms with Crippen molar-refractivity contribution in [3.8, 4) is 0 Å². The summed E-state index contributed by atoms with van der Waals surface area (Å²) in [6.45, 7) is 0.541. The SMILES string of the molecule is O=C(Nc1cccnc1)N1CCCC1(CO)c1ccccc1. The molecule has 1 aliphatic rings. The first kappa shape index (κ1) is 14.5. The number of aromatic nitrogens is 1. The lowest BCUT2D eigenvalue weighted by Crippen LogP contribution is -2.49. The maximum absolute atomic E-state index is 12.6. The molecule has 1 aromatic heterocycles. The molecule has 1 aliphatic heterocycles. The number of likely N-dealkylation sites (tertiary alicyclic amines) is 1. The molecule has 5 heteroatoms. The summed E-state index contributed by atoms with van der Waals surface area (Å²) in [5.41, 5.74) is 0.976. The van der Waals surface area contributed by atoms with E-state index in [0.717, 1.165) is 18.4 Å². The van der Waals surface area contributed by atoms with Crippen LogP contribution in [0.2, 0.25) is 0 Å². The smallest absolute Gasteiger partial charge is 0.322 e. The van der Waals surface area contributed by atoms with Crippen molar-refractivity contribution in [3.63, 3.8) is 0 Å². The minimum absolute atomic E-state index is 0.0858. The number of nitrogens with zero attached hydrogens (tertiary/aromatic N) is 2. The molecule has 1 fully saturated rings. The Balaban J connectivity index is 1.87. The summed E-state index contributed by atoms with van der Waals surface area (Å²) in [4.78, 5) is 18.4. The molecule has 22 heavy (non-hydrogen) atoms. The van der Waals surface area contributed by atoms with E-state index >= 15 is 0 Å². The van der Waals surface area contributed by atoms with Gasteiger partial charge in [0.2, 0.25) is 0 Å². The number of anilines is 1. The molecule has 2 heterocycles. The van der Waals surface area contributed by atoms with E-state index in [2.05, 4.69) is 10.3 Å². The highest BCUT2D eigenvalue weighted by Crippen LogP contribution is 2.38. The maximum Gasteiger partial charge on any atom is 0.322 e. The molecule has 1 unspecified atom stereocenters. The van der Waals surface area contributed by atoms with Crippen LogP contribution in [0.4, 0.5) is 10.5 Å². The Bertz CT molecular complexity index is 633. The lowest BCUT2D eigenvalue weighted by atomic mass is 9.88. The van der Waals surface area contributed by atoms with Gasteiger partial charge >= 0.3 is 6.03 Å². The maximum atomic E-state index is 12.6. The number of hydrogen-bond donors (Lipinski definition) is 2. The zero-order chi connectivity index (χ0) is 15.4. The average molecular weight is 297 g/mol. The monoisotopic (exact) mass is 297 g/mol. The molecule has 2 N–H and O–H groups in total. The van der Waals surface area contributed by atoms with Crippen LogP contribution in [0.5, 0.6) is 0 Å². The summed E-state index contributed by atoms with van der Waals surface area (Å²) in [5.74, 6) is 0. The van der Waals surface area contributed by atoms with Gasteiger partial charge in [0.15, 0.2) is 0 Å². The largest absolute Gasteiger partial charge is 0.394 e. The number of nitrogens with one attached hydrogen (secondary N) is 1. The van der Waals surface area contributed by atoms with Crippen molar-refractivity contribution in [2.24, 2.45) is 0 Å². The third-order valence-electron chi connectivity index (χ3n) is 4.22. The van der Waals surface area contributed by atoms with Crippen molar-refractivity contribution in [1.82, 2.24) is 9.88 Å². The van der Waals surface area contributed by atoms with Crippen molar-refractivity contribution < 1.29 is 9.90 Å². The Labute approximate surface area is 129 Å². The van der Waals surface area contributed by atoms with Gasteiger partial charge in [0.1, 0.15) is 0 Å². The molecule has 0 saturated carbocycles. The minimum atomic E-state index is -0.645. The topological polar surface area (TPSA) is 65.5 Å². The zero-order valence-corrected chi connectivity index (χ0v) is 12.3. The molecule has 0 spiro atoms. The van der Waals surface area contributed by atoms with Crippen LogP contribution in [0, 0.1) is 0 Å². The highest BCUT2D eigenvalue weighted by atomic mass is 16.3. The molecule has 114 valence electrons. The number of benzene rings is 1. The van der Waals surface area contributed by atoms with Gasteiger partial charge in [0.25, 0.3) is 0 Å². The second kappa shape index (κ2) is 6.15. The van der Waals surface area contributed by atoms with E-state index in [9.17, 15) is 9.90 Å². The summed E-state index contributed by atoms with van der Waals surface area (Å²) >= 11 is 0. The molecule has 2 amide bonds. The van der Waals surface area contributed by atoms with Crippen LogP contribution < -0.4 is 5.32 Å². The first-order valence-corrected chi connectivity index (χ1v) is 7.41. The summed E-state index contributed by atoms with van der Waals surface area (Å²) in [6.07, 6.45) is 4.90. The van der Waals surface area contributed by atoms with Gasteiger partial charge in [-0.1, -0.05) is 30.3 Å². The van der Waals surface area contributed by atoms with E-state index in [1.165, 1.54) is 0 Å². The number of aliphatic hydroxyl groups is 1. The van der Waals surface area contributed by atoms with Gasteiger partial charge in [-0.25, -0.2) is 4.79 Å². The van der Waals surface area contributed by atoms with Crippen molar-refractivity contribution >= 4 is 11.7 Å². The number of urea groups is 1. The van der Waals surface area contributed by atoms with Gasteiger partial charge < -0.3 is 15.3 Å². The molecule has 2 aromatic rings. The summed E-state index contributed by atoms with van der Waals surface area (Å²) in [6, 6.07) is 13.1. The minimum Gasteiger partial charge on any atom is -0.394 e. The van der Waals surface area contributed by atoms with Crippen LogP contribution in [0.3, 0.4) is 0 Å². The Morgan fingerprint density at radius 3 is 2.77 bits per heavy atom. The van der Waals surface area contributed by atoms with Crippen LogP contribution >= 0.6 is 0 Å². The molecule has 3 rings (SSSR count). The quantitative estimate of drug-likeness (QED) is 0.915. The molecule has 0 bridgehead atoms. The van der Waals surface area contributed by atoms with Crippen LogP contribution in [-0.2, 0) is 5.54 Å². The van der Waals surface area contributed by atoms with Gasteiger partial charge in [-0.05, 0) is 30.5 Å². The van der Waals surface area contributed by atoms with Crippen molar-refractivity contribution in [2.45, 2.75) is 18.4 Å². The third kappa shape index (κ3) is 2.55. The van der Waals surface area contributed by atoms with Crippen molar-refractivity contribution in [3.05, 3.63) is 60.4 Å². The predicted octanol–water partition coefficient (Wildman–Crippen LogP) is 2.60. The molecule has 5 nitrogen and oxygen atoms in total. The summed E-state index contributed by atoms with van der Waals surface area (Å²) < 4.78 is 0. The molecule has 0 aliphatic carbocycles. The number of carbonyl (C=O) groups is 1. The number of aliphatic hydroxyl groups excluding tert-OH is 1. The number of carbonyl (C=O) groups excluding carboxylic acids is 1. The van der Waals surface area contributed by atoms with Gasteiger partial charge in [0, 0.05) is 12.7 Å². The number of hydrogen-bond acceptors (Lipinski definition) is 3. The first-order chi connectivity index (χ1) is 10.8. The second-order valence-electron chi connectivity index (χ2n) is 5.48. The molecule has 1 saturated heterocycles. The first-order valence-electron chi connectivity index (χ1n) is 7.41. The van der Waals surface area contributed by atoms with E-state index in [1.807, 2.05) is 30.3 Å². The lowest BCUT2D eigenvalue weighted by molar-refractivity contribution is 0.0886. The van der Waals surface area contributed by atoms with Gasteiger partial charge in [0.05, 0.1) is 24.0 Å². The van der Waals surface area contributed by atoms with Crippen LogP contribution in [0.1, 0.15) is 18.4 Å². The summed E-state index contributed by atoms with van der Waals surface area (Å²) in [7, 11) is 0. The number of amides is 2. The Kier molecular flexibility index (Phi) is 4.06. The molecule has 1 aromatic carbocycles. The van der Waals surface area contributed by atoms with Crippen LogP contribution in [0.25, 0.3) is 0 Å². The van der Waals surface area contributed by atoms with Gasteiger partial charge in [-0.3, -0.25) is 4.98 Å². The average Bonchev–Trinajstić information content (AvgIpc) is 3.02. The fraction of sp³-hybridized carbons (Fsp3) is 0.294. The van der Waals surface area contributed by atoms with E-state index in [0.29, 0.717) is 12.2 Å². The molecular weight excluding hydrogens is 278 g/mol. The Morgan fingerprint density at radius 1 is 1.27 bits per heavy atom. The summed E-state index contributed by atoms with van der Waals surface area (Å²) in [5, 5.41) is 12.9. The third-order valence-corrected chi connectivity index (χ3v) is 4.22. The molecule has 0 radical (unpaired) electrons. The van der Waals surface area contributed by atoms with E-state index in [-0.39, 0.29) is 12.6 Å². The fourth-order valence-corrected chi connectivity index (χ4v) is 3.11. The van der Waals surface area contributed by atoms with E-state index < -0.39 is 5.54 Å². The van der Waals surface area contributed by atoms with Crippen LogP contribution in [0.15, 0.2) is 54.9 Å². The molecular formula is C17H19N3O2. The van der Waals surface area contributed by atoms with Gasteiger partial charge in [-0.2, -0.15) is 0 Å². The van der Waals surface area contributed by atoms with Gasteiger partial charge in [-0.15, -0.1) is 0 Å². The Morgan fingerprint density at radius 2 is 2.09 bits per heavy atom. The van der Waals surface area contributed by atoms with Crippen molar-refractivity contribution in [2.75, 3.05) is 18.5 Å². The normalized spacial score (nSPS) is 20.9. The van der Waals surface area contributed by atoms with E-state index in [4.69, 9.17) is 0 Å². The fourth-order valence-electron chi connectivity index (χ4n) is 3.11. The zero-order valence-electron chi connectivity index (χ0n) is 12.3. The predicted molar refractivity (Wildman–Crippen MR) is 84.4 cm³/mol. The second-order valence-corrected chi connectivity index (χ2v) is 5.48. The highest BCUT2D eigenvalue weighted by Gasteiger charge is 2.44. The van der Waals surface area contributed by atoms with E-state index in [1.54, 1.807) is 29.4 Å². The highest BCUT2D eigenvalue weighted by molar-refractivity contribution is 5.90. The number of rotatable bonds is 3. The van der Waals surface area contributed by atoms with Crippen LogP contribution in [-0.4, -0.2) is 34.2 Å².